The van der Waals surface area contributed by atoms with Crippen molar-refractivity contribution >= 4 is 16.0 Å². The Morgan fingerprint density at radius 1 is 1.30 bits per heavy atom. The molecule has 0 spiro atoms. The minimum atomic E-state index is -3.57. The monoisotopic (exact) mass is 302 g/mol. The van der Waals surface area contributed by atoms with Gasteiger partial charge in [-0.2, -0.15) is 0 Å². The molecule has 0 amide bonds. The fourth-order valence-electron chi connectivity index (χ4n) is 1.72. The van der Waals surface area contributed by atoms with Crippen LogP contribution >= 0.6 is 0 Å². The highest BCUT2D eigenvalue weighted by atomic mass is 32.2. The summed E-state index contributed by atoms with van der Waals surface area (Å²) in [5.74, 6) is -0.521. The van der Waals surface area contributed by atoms with Crippen LogP contribution in [0.3, 0.4) is 0 Å². The highest BCUT2D eigenvalue weighted by molar-refractivity contribution is 7.88. The van der Waals surface area contributed by atoms with Crippen LogP contribution in [0.1, 0.15) is 18.0 Å². The lowest BCUT2D eigenvalue weighted by Gasteiger charge is -2.19. The molecule has 8 heteroatoms. The molecule has 0 bridgehead atoms. The molecule has 0 radical (unpaired) electrons. The summed E-state index contributed by atoms with van der Waals surface area (Å²) in [5.41, 5.74) is 0.442. The highest BCUT2D eigenvalue weighted by Gasteiger charge is 2.18. The van der Waals surface area contributed by atoms with E-state index >= 15 is 0 Å². The van der Waals surface area contributed by atoms with Gasteiger partial charge in [-0.05, 0) is 17.7 Å². The molecule has 1 rings (SSSR count). The van der Waals surface area contributed by atoms with E-state index in [1.165, 1.54) is 20.3 Å². The first-order valence-corrected chi connectivity index (χ1v) is 7.55. The van der Waals surface area contributed by atoms with Crippen molar-refractivity contribution in [2.75, 3.05) is 20.5 Å². The number of sulfonamides is 1. The molecule has 0 aromatic heterocycles. The summed E-state index contributed by atoms with van der Waals surface area (Å²) in [4.78, 5) is 10.7. The summed E-state index contributed by atoms with van der Waals surface area (Å²) < 4.78 is 35.0. The molecule has 0 saturated carbocycles. The smallest absolute Gasteiger partial charge is 0.209 e. The lowest BCUT2D eigenvalue weighted by Crippen LogP contribution is -2.33. The first kappa shape index (κ1) is 16.3. The maximum atomic E-state index is 11.3. The number of methoxy groups -OCH3 is 2. The van der Waals surface area contributed by atoms with Crippen LogP contribution in [0.4, 0.5) is 0 Å². The van der Waals surface area contributed by atoms with Crippen molar-refractivity contribution in [3.63, 3.8) is 0 Å². The number of ether oxygens (including phenoxy) is 2. The number of hydrogen-bond acceptors (Lipinski definition) is 6. The Morgan fingerprint density at radius 3 is 2.35 bits per heavy atom. The van der Waals surface area contributed by atoms with Crippen molar-refractivity contribution in [1.82, 2.24) is 4.72 Å². The van der Waals surface area contributed by atoms with Gasteiger partial charge in [-0.15, -0.1) is 0 Å². The predicted octanol–water partition coefficient (Wildman–Crippen LogP) is -0.566. The minimum absolute atomic E-state index is 0.378. The van der Waals surface area contributed by atoms with Gasteiger partial charge >= 0.3 is 0 Å². The van der Waals surface area contributed by atoms with Gasteiger partial charge in [-0.25, -0.2) is 13.1 Å². The van der Waals surface area contributed by atoms with E-state index in [9.17, 15) is 18.3 Å². The van der Waals surface area contributed by atoms with Gasteiger partial charge in [0.05, 0.1) is 26.5 Å². The molecule has 1 aromatic rings. The number of nitrogens with one attached hydrogen (secondary N) is 1. The second kappa shape index (κ2) is 6.58. The van der Waals surface area contributed by atoms with Crippen LogP contribution in [0, 0.1) is 0 Å². The van der Waals surface area contributed by atoms with Crippen molar-refractivity contribution in [3.05, 3.63) is 23.8 Å². The molecule has 20 heavy (non-hydrogen) atoms. The van der Waals surface area contributed by atoms with Gasteiger partial charge in [0, 0.05) is 12.4 Å². The zero-order valence-corrected chi connectivity index (χ0v) is 12.2. The van der Waals surface area contributed by atoms with Crippen LogP contribution in [0.5, 0.6) is 11.5 Å². The third-order valence-electron chi connectivity index (χ3n) is 2.54. The highest BCUT2D eigenvalue weighted by Crippen LogP contribution is 2.31. The molecule has 0 aliphatic rings. The Kier molecular flexibility index (Phi) is 5.34. The van der Waals surface area contributed by atoms with E-state index in [2.05, 4.69) is 4.72 Å². The number of benzene rings is 1. The lowest BCUT2D eigenvalue weighted by atomic mass is 10.0. The first-order chi connectivity index (χ1) is 9.26. The number of rotatable bonds is 7. The molecule has 0 fully saturated rings. The molecule has 0 saturated heterocycles. The molecule has 7 nitrogen and oxygen atoms in total. The standard InChI is InChI=1S/C12H17NO6S/c1-18-10-5-4-8(6-11(10)19-2)9(7-12(14)15)13-20(3,16)17/h4-6,9,13H,7H2,1-3H3,(H,14,15)/p-1/t9-/m1/s1. The minimum Gasteiger partial charge on any atom is -0.550 e. The fourth-order valence-corrected chi connectivity index (χ4v) is 2.46. The number of hydrogen-bond donors (Lipinski definition) is 1. The van der Waals surface area contributed by atoms with Crippen LogP contribution < -0.4 is 19.3 Å². The average molecular weight is 302 g/mol. The average Bonchev–Trinajstić information content (AvgIpc) is 2.35. The summed E-state index contributed by atoms with van der Waals surface area (Å²) in [6.45, 7) is 0. The van der Waals surface area contributed by atoms with Crippen LogP contribution in [0.25, 0.3) is 0 Å². The van der Waals surface area contributed by atoms with E-state index < -0.39 is 28.5 Å². The Balaban J connectivity index is 3.16. The molecule has 0 aliphatic carbocycles. The summed E-state index contributed by atoms with van der Waals surface area (Å²) in [6, 6.07) is 3.72. The molecule has 1 aromatic carbocycles. The third-order valence-corrected chi connectivity index (χ3v) is 3.25. The summed E-state index contributed by atoms with van der Waals surface area (Å²) in [7, 11) is -0.672. The Bertz CT molecular complexity index is 584. The van der Waals surface area contributed by atoms with Crippen LogP contribution in [-0.2, 0) is 14.8 Å². The molecule has 0 unspecified atom stereocenters. The number of aliphatic carboxylic acids is 1. The quantitative estimate of drug-likeness (QED) is 0.723. The van der Waals surface area contributed by atoms with E-state index in [4.69, 9.17) is 9.47 Å². The molecule has 1 N–H and O–H groups in total. The summed E-state index contributed by atoms with van der Waals surface area (Å²) in [5, 5.41) is 10.7. The topological polar surface area (TPSA) is 105 Å². The van der Waals surface area contributed by atoms with Gasteiger partial charge in [0.15, 0.2) is 11.5 Å². The fraction of sp³-hybridized carbons (Fsp3) is 0.417. The number of carboxylic acids is 1. The van der Waals surface area contributed by atoms with Crippen molar-refractivity contribution in [2.24, 2.45) is 0 Å². The normalized spacial score (nSPS) is 12.8. The van der Waals surface area contributed by atoms with Crippen molar-refractivity contribution in [1.29, 1.82) is 0 Å². The maximum absolute atomic E-state index is 11.3. The number of carbonyl (C=O) groups excluding carboxylic acids is 1. The van der Waals surface area contributed by atoms with Gasteiger partial charge in [-0.3, -0.25) is 0 Å². The van der Waals surface area contributed by atoms with Crippen molar-refractivity contribution in [2.45, 2.75) is 12.5 Å². The maximum Gasteiger partial charge on any atom is 0.209 e. The first-order valence-electron chi connectivity index (χ1n) is 5.66. The van der Waals surface area contributed by atoms with Crippen LogP contribution in [0.15, 0.2) is 18.2 Å². The van der Waals surface area contributed by atoms with Crippen LogP contribution in [-0.4, -0.2) is 34.9 Å². The SMILES string of the molecule is COc1ccc([C@@H](CC(=O)[O-])NS(C)(=O)=O)cc1OC. The van der Waals surface area contributed by atoms with Gasteiger partial charge in [0.25, 0.3) is 0 Å². The van der Waals surface area contributed by atoms with E-state index in [-0.39, 0.29) is 0 Å². The number of carboxylic acid groups (broad SMARTS) is 1. The van der Waals surface area contributed by atoms with E-state index in [1.54, 1.807) is 12.1 Å². The zero-order valence-electron chi connectivity index (χ0n) is 11.4. The lowest BCUT2D eigenvalue weighted by molar-refractivity contribution is -0.306. The van der Waals surface area contributed by atoms with Gasteiger partial charge in [0.1, 0.15) is 0 Å². The van der Waals surface area contributed by atoms with Crippen molar-refractivity contribution in [3.8, 4) is 11.5 Å². The van der Waals surface area contributed by atoms with Gasteiger partial charge < -0.3 is 19.4 Å². The van der Waals surface area contributed by atoms with E-state index in [0.29, 0.717) is 17.1 Å². The van der Waals surface area contributed by atoms with Gasteiger partial charge in [0.2, 0.25) is 10.0 Å². The Hall–Kier alpha value is -1.80. The summed E-state index contributed by atoms with van der Waals surface area (Å²) >= 11 is 0. The molecule has 1 atom stereocenters. The molecule has 112 valence electrons. The summed E-state index contributed by atoms with van der Waals surface area (Å²) in [6.07, 6.45) is 0.471. The van der Waals surface area contributed by atoms with Crippen molar-refractivity contribution < 1.29 is 27.8 Å². The largest absolute Gasteiger partial charge is 0.550 e. The predicted molar refractivity (Wildman–Crippen MR) is 69.9 cm³/mol. The van der Waals surface area contributed by atoms with E-state index in [0.717, 1.165) is 6.26 Å². The molecule has 0 heterocycles. The van der Waals surface area contributed by atoms with E-state index in [1.807, 2.05) is 0 Å². The van der Waals surface area contributed by atoms with Crippen LogP contribution in [0.2, 0.25) is 0 Å². The Morgan fingerprint density at radius 2 is 1.90 bits per heavy atom. The molecular formula is C12H16NO6S-. The molecular weight excluding hydrogens is 286 g/mol. The third kappa shape index (κ3) is 4.71. The zero-order chi connectivity index (χ0) is 15.3. The Labute approximate surface area is 117 Å². The second-order valence-corrected chi connectivity index (χ2v) is 5.91. The second-order valence-electron chi connectivity index (χ2n) is 4.13. The van der Waals surface area contributed by atoms with Gasteiger partial charge in [-0.1, -0.05) is 6.07 Å². The molecule has 0 aliphatic heterocycles. The number of carbonyl (C=O) groups is 1.